The lowest BCUT2D eigenvalue weighted by atomic mass is 10.0. The Hall–Kier alpha value is 0.650. The third-order valence-electron chi connectivity index (χ3n) is 4.28. The van der Waals surface area contributed by atoms with Gasteiger partial charge in [0.05, 0.1) is 6.10 Å². The van der Waals surface area contributed by atoms with E-state index in [0.717, 1.165) is 10.3 Å². The molecule has 3 heteroatoms. The molecule has 0 saturated heterocycles. The van der Waals surface area contributed by atoms with Crippen molar-refractivity contribution in [3.63, 3.8) is 0 Å². The molecule has 134 valence electrons. The Morgan fingerprint density at radius 1 is 0.727 bits per heavy atom. The van der Waals surface area contributed by atoms with E-state index in [2.05, 4.69) is 41.6 Å². The summed E-state index contributed by atoms with van der Waals surface area (Å²) in [7, 11) is 4.33. The third-order valence-corrected chi connectivity index (χ3v) is 5.52. The predicted octanol–water partition coefficient (Wildman–Crippen LogP) is 5.80. The van der Waals surface area contributed by atoms with Gasteiger partial charge in [0.2, 0.25) is 0 Å². The Kier molecular flexibility index (Phi) is 17.0. The maximum Gasteiger partial charge on any atom is 0.0512 e. The molecule has 22 heavy (non-hydrogen) atoms. The van der Waals surface area contributed by atoms with Crippen LogP contribution >= 0.6 is 22.6 Å². The SMILES string of the molecule is CC(O)CCCCCCCCCCCCC(I)CCN(C)C. The molecule has 0 radical (unpaired) electrons. The van der Waals surface area contributed by atoms with Gasteiger partial charge in [0.15, 0.2) is 0 Å². The molecule has 0 aliphatic carbocycles. The van der Waals surface area contributed by atoms with Crippen LogP contribution in [0.2, 0.25) is 0 Å². The molecule has 0 heterocycles. The van der Waals surface area contributed by atoms with E-state index in [9.17, 15) is 5.11 Å². The van der Waals surface area contributed by atoms with Crippen LogP contribution in [0.5, 0.6) is 0 Å². The molecule has 2 unspecified atom stereocenters. The zero-order chi connectivity index (χ0) is 16.6. The number of alkyl halides is 1. The van der Waals surface area contributed by atoms with Gasteiger partial charge in [-0.05, 0) is 46.8 Å². The summed E-state index contributed by atoms with van der Waals surface area (Å²) in [5, 5.41) is 9.18. The minimum absolute atomic E-state index is 0.106. The average molecular weight is 425 g/mol. The molecule has 2 nitrogen and oxygen atoms in total. The Morgan fingerprint density at radius 3 is 1.55 bits per heavy atom. The number of aliphatic hydroxyl groups is 1. The summed E-state index contributed by atoms with van der Waals surface area (Å²) in [6.07, 6.45) is 17.4. The van der Waals surface area contributed by atoms with Gasteiger partial charge in [-0.1, -0.05) is 86.8 Å². The second kappa shape index (κ2) is 16.5. The van der Waals surface area contributed by atoms with Crippen LogP contribution in [0.1, 0.15) is 90.4 Å². The Labute approximate surface area is 153 Å². The molecule has 0 saturated carbocycles. The highest BCUT2D eigenvalue weighted by Crippen LogP contribution is 2.17. The van der Waals surface area contributed by atoms with Crippen molar-refractivity contribution in [3.05, 3.63) is 0 Å². The fraction of sp³-hybridized carbons (Fsp3) is 1.00. The Bertz CT molecular complexity index is 221. The lowest BCUT2D eigenvalue weighted by molar-refractivity contribution is 0.180. The van der Waals surface area contributed by atoms with E-state index < -0.39 is 0 Å². The van der Waals surface area contributed by atoms with E-state index in [1.54, 1.807) is 0 Å². The highest BCUT2D eigenvalue weighted by molar-refractivity contribution is 14.1. The average Bonchev–Trinajstić information content (AvgIpc) is 2.45. The van der Waals surface area contributed by atoms with Crippen LogP contribution in [0.4, 0.5) is 0 Å². The topological polar surface area (TPSA) is 23.5 Å². The first-order valence-electron chi connectivity index (χ1n) is 9.49. The largest absolute Gasteiger partial charge is 0.393 e. The summed E-state index contributed by atoms with van der Waals surface area (Å²) < 4.78 is 0.863. The second-order valence-electron chi connectivity index (χ2n) is 7.15. The molecule has 0 aromatic rings. The molecule has 0 amide bonds. The van der Waals surface area contributed by atoms with Crippen molar-refractivity contribution in [1.29, 1.82) is 0 Å². The van der Waals surface area contributed by atoms with Gasteiger partial charge in [0.25, 0.3) is 0 Å². The van der Waals surface area contributed by atoms with Crippen LogP contribution in [0.25, 0.3) is 0 Å². The van der Waals surface area contributed by atoms with Crippen molar-refractivity contribution >= 4 is 22.6 Å². The monoisotopic (exact) mass is 425 g/mol. The molecule has 0 spiro atoms. The second-order valence-corrected chi connectivity index (χ2v) is 8.91. The van der Waals surface area contributed by atoms with Gasteiger partial charge >= 0.3 is 0 Å². The molecule has 1 N–H and O–H groups in total. The van der Waals surface area contributed by atoms with Gasteiger partial charge < -0.3 is 10.0 Å². The summed E-state index contributed by atoms with van der Waals surface area (Å²) in [5.41, 5.74) is 0. The molecule has 0 rings (SSSR count). The molecule has 0 aliphatic heterocycles. The first-order chi connectivity index (χ1) is 10.5. The van der Waals surface area contributed by atoms with Crippen molar-refractivity contribution < 1.29 is 5.11 Å². The molecule has 0 aromatic heterocycles. The first kappa shape index (κ1) is 22.6. The van der Waals surface area contributed by atoms with E-state index in [4.69, 9.17) is 0 Å². The Balaban J connectivity index is 3.11. The van der Waals surface area contributed by atoms with Crippen molar-refractivity contribution in [2.45, 2.75) is 100 Å². The lowest BCUT2D eigenvalue weighted by Gasteiger charge is -2.13. The molecule has 0 aromatic carbocycles. The standard InChI is InChI=1S/C19H40INO/c1-18(22)14-12-10-8-6-4-5-7-9-11-13-15-19(20)16-17-21(2)3/h18-19,22H,4-17H2,1-3H3. The number of aliphatic hydroxyl groups excluding tert-OH is 1. The lowest BCUT2D eigenvalue weighted by Crippen LogP contribution is -2.16. The number of halogens is 1. The number of hydrogen-bond acceptors (Lipinski definition) is 2. The van der Waals surface area contributed by atoms with Gasteiger partial charge in [-0.15, -0.1) is 0 Å². The van der Waals surface area contributed by atoms with Crippen LogP contribution in [0.15, 0.2) is 0 Å². The summed E-state index contributed by atoms with van der Waals surface area (Å²) in [4.78, 5) is 2.29. The molecule has 0 fully saturated rings. The van der Waals surface area contributed by atoms with Crippen LogP contribution in [-0.4, -0.2) is 40.7 Å². The third kappa shape index (κ3) is 18.7. The zero-order valence-electron chi connectivity index (χ0n) is 15.3. The van der Waals surface area contributed by atoms with Crippen molar-refractivity contribution in [3.8, 4) is 0 Å². The van der Waals surface area contributed by atoms with Gasteiger partial charge in [0, 0.05) is 3.92 Å². The molecule has 2 atom stereocenters. The smallest absolute Gasteiger partial charge is 0.0512 e. The van der Waals surface area contributed by atoms with Crippen LogP contribution in [-0.2, 0) is 0 Å². The number of nitrogens with zero attached hydrogens (tertiary/aromatic N) is 1. The highest BCUT2D eigenvalue weighted by atomic mass is 127. The van der Waals surface area contributed by atoms with E-state index in [-0.39, 0.29) is 6.10 Å². The highest BCUT2D eigenvalue weighted by Gasteiger charge is 2.04. The first-order valence-corrected chi connectivity index (χ1v) is 10.7. The van der Waals surface area contributed by atoms with E-state index >= 15 is 0 Å². The number of unbranched alkanes of at least 4 members (excludes halogenated alkanes) is 9. The molecule has 0 bridgehead atoms. The van der Waals surface area contributed by atoms with Crippen molar-refractivity contribution in [2.75, 3.05) is 20.6 Å². The minimum atomic E-state index is -0.106. The normalized spacial score (nSPS) is 14.5. The summed E-state index contributed by atoms with van der Waals surface area (Å²) in [6.45, 7) is 3.12. The number of rotatable bonds is 16. The van der Waals surface area contributed by atoms with E-state index in [1.807, 2.05) is 6.92 Å². The van der Waals surface area contributed by atoms with Gasteiger partial charge in [0.1, 0.15) is 0 Å². The summed E-state index contributed by atoms with van der Waals surface area (Å²) >= 11 is 2.63. The van der Waals surface area contributed by atoms with Gasteiger partial charge in [-0.3, -0.25) is 0 Å². The van der Waals surface area contributed by atoms with Crippen LogP contribution in [0.3, 0.4) is 0 Å². The minimum Gasteiger partial charge on any atom is -0.393 e. The molecular formula is C19H40INO. The van der Waals surface area contributed by atoms with Crippen molar-refractivity contribution in [1.82, 2.24) is 4.90 Å². The van der Waals surface area contributed by atoms with E-state index in [1.165, 1.54) is 83.6 Å². The van der Waals surface area contributed by atoms with Crippen LogP contribution in [0, 0.1) is 0 Å². The molecule has 0 aliphatic rings. The van der Waals surface area contributed by atoms with Gasteiger partial charge in [-0.2, -0.15) is 0 Å². The summed E-state index contributed by atoms with van der Waals surface area (Å²) in [5.74, 6) is 0. The zero-order valence-corrected chi connectivity index (χ0v) is 17.5. The maximum absolute atomic E-state index is 9.18. The van der Waals surface area contributed by atoms with Crippen molar-refractivity contribution in [2.24, 2.45) is 0 Å². The number of hydrogen-bond donors (Lipinski definition) is 1. The fourth-order valence-corrected chi connectivity index (χ4v) is 3.48. The Morgan fingerprint density at radius 2 is 1.14 bits per heavy atom. The fourth-order valence-electron chi connectivity index (χ4n) is 2.76. The predicted molar refractivity (Wildman–Crippen MR) is 108 cm³/mol. The van der Waals surface area contributed by atoms with Crippen LogP contribution < -0.4 is 0 Å². The van der Waals surface area contributed by atoms with Gasteiger partial charge in [-0.25, -0.2) is 0 Å². The summed E-state index contributed by atoms with van der Waals surface area (Å²) in [6, 6.07) is 0. The molecular weight excluding hydrogens is 385 g/mol. The maximum atomic E-state index is 9.18. The quantitative estimate of drug-likeness (QED) is 0.192. The van der Waals surface area contributed by atoms with E-state index in [0.29, 0.717) is 0 Å².